The molecule has 0 atom stereocenters. The molecule has 2 aromatic rings. The number of rotatable bonds is 2. The molecular formula is C14H10Cl3N. The molecule has 0 aliphatic rings. The van der Waals surface area contributed by atoms with E-state index < -0.39 is 0 Å². The van der Waals surface area contributed by atoms with E-state index in [0.717, 1.165) is 16.8 Å². The van der Waals surface area contributed by atoms with Crippen LogP contribution in [0.25, 0.3) is 0 Å². The number of nitrogens with zero attached hydrogens (tertiary/aromatic N) is 1. The molecule has 0 saturated heterocycles. The number of hydrogen-bond acceptors (Lipinski definition) is 1. The maximum atomic E-state index is 6.07. The minimum Gasteiger partial charge on any atom is -0.256 e. The first kappa shape index (κ1) is 13.4. The van der Waals surface area contributed by atoms with Crippen LogP contribution in [0.3, 0.4) is 0 Å². The van der Waals surface area contributed by atoms with Crippen LogP contribution in [0.4, 0.5) is 5.69 Å². The van der Waals surface area contributed by atoms with Gasteiger partial charge in [-0.1, -0.05) is 46.9 Å². The van der Waals surface area contributed by atoms with Crippen molar-refractivity contribution in [3.8, 4) is 0 Å². The molecule has 0 aliphatic carbocycles. The van der Waals surface area contributed by atoms with Crippen molar-refractivity contribution in [3.05, 3.63) is 62.6 Å². The van der Waals surface area contributed by atoms with Gasteiger partial charge in [0.2, 0.25) is 0 Å². The zero-order valence-electron chi connectivity index (χ0n) is 9.62. The van der Waals surface area contributed by atoms with Crippen molar-refractivity contribution in [2.24, 2.45) is 4.99 Å². The molecule has 4 heteroatoms. The van der Waals surface area contributed by atoms with Crippen molar-refractivity contribution in [2.45, 2.75) is 6.92 Å². The Hall–Kier alpha value is -1.02. The minimum atomic E-state index is 0.575. The molecule has 0 radical (unpaired) electrons. The van der Waals surface area contributed by atoms with E-state index in [1.807, 2.05) is 31.2 Å². The van der Waals surface area contributed by atoms with Crippen molar-refractivity contribution in [3.63, 3.8) is 0 Å². The van der Waals surface area contributed by atoms with E-state index in [2.05, 4.69) is 4.99 Å². The van der Waals surface area contributed by atoms with E-state index in [1.54, 1.807) is 18.3 Å². The second kappa shape index (κ2) is 5.75. The van der Waals surface area contributed by atoms with Gasteiger partial charge in [-0.2, -0.15) is 0 Å². The van der Waals surface area contributed by atoms with E-state index in [0.29, 0.717) is 15.1 Å². The lowest BCUT2D eigenvalue weighted by Crippen LogP contribution is -1.83. The lowest BCUT2D eigenvalue weighted by molar-refractivity contribution is 1.40. The van der Waals surface area contributed by atoms with Crippen LogP contribution in [0.15, 0.2) is 41.4 Å². The molecule has 0 unspecified atom stereocenters. The summed E-state index contributed by atoms with van der Waals surface area (Å²) in [7, 11) is 0. The molecule has 0 bridgehead atoms. The van der Waals surface area contributed by atoms with E-state index in [4.69, 9.17) is 34.8 Å². The Bertz CT molecular complexity index is 606. The summed E-state index contributed by atoms with van der Waals surface area (Å²) in [5.74, 6) is 0. The standard InChI is InChI=1S/C14H10Cl3N/c1-9-12(16)3-2-4-14(9)18-8-10-5-6-11(15)7-13(10)17/h2-8H,1H3. The zero-order valence-corrected chi connectivity index (χ0v) is 11.9. The molecule has 0 spiro atoms. The topological polar surface area (TPSA) is 12.4 Å². The van der Waals surface area contributed by atoms with Gasteiger partial charge >= 0.3 is 0 Å². The van der Waals surface area contributed by atoms with Crippen LogP contribution in [0.1, 0.15) is 11.1 Å². The van der Waals surface area contributed by atoms with Crippen molar-refractivity contribution < 1.29 is 0 Å². The number of halogens is 3. The van der Waals surface area contributed by atoms with Gasteiger partial charge in [-0.15, -0.1) is 0 Å². The average Bonchev–Trinajstić information content (AvgIpc) is 2.33. The Kier molecular flexibility index (Phi) is 4.28. The Balaban J connectivity index is 2.33. The monoisotopic (exact) mass is 297 g/mol. The first-order valence-electron chi connectivity index (χ1n) is 5.32. The molecule has 0 aliphatic heterocycles. The first-order chi connectivity index (χ1) is 8.58. The summed E-state index contributed by atoms with van der Waals surface area (Å²) >= 11 is 17.9. The van der Waals surface area contributed by atoms with E-state index in [1.165, 1.54) is 0 Å². The van der Waals surface area contributed by atoms with Gasteiger partial charge in [0.1, 0.15) is 0 Å². The minimum absolute atomic E-state index is 0.575. The number of benzene rings is 2. The Morgan fingerprint density at radius 1 is 1.00 bits per heavy atom. The van der Waals surface area contributed by atoms with Crippen molar-refractivity contribution in [2.75, 3.05) is 0 Å². The lowest BCUT2D eigenvalue weighted by atomic mass is 10.2. The molecule has 92 valence electrons. The second-order valence-corrected chi connectivity index (χ2v) is 5.06. The normalized spacial score (nSPS) is 11.1. The lowest BCUT2D eigenvalue weighted by Gasteiger charge is -2.02. The Morgan fingerprint density at radius 2 is 1.78 bits per heavy atom. The zero-order chi connectivity index (χ0) is 13.1. The molecule has 0 fully saturated rings. The fourth-order valence-corrected chi connectivity index (χ4v) is 2.11. The fourth-order valence-electron chi connectivity index (χ4n) is 1.48. The summed E-state index contributed by atoms with van der Waals surface area (Å²) in [5, 5.41) is 1.88. The molecular weight excluding hydrogens is 289 g/mol. The maximum absolute atomic E-state index is 6.07. The van der Waals surface area contributed by atoms with Crippen molar-refractivity contribution in [1.82, 2.24) is 0 Å². The van der Waals surface area contributed by atoms with E-state index in [9.17, 15) is 0 Å². The van der Waals surface area contributed by atoms with Crippen molar-refractivity contribution in [1.29, 1.82) is 0 Å². The van der Waals surface area contributed by atoms with Crippen LogP contribution >= 0.6 is 34.8 Å². The van der Waals surface area contributed by atoms with Gasteiger partial charge in [-0.05, 0) is 36.8 Å². The third-order valence-electron chi connectivity index (χ3n) is 2.54. The second-order valence-electron chi connectivity index (χ2n) is 3.81. The highest BCUT2D eigenvalue weighted by Crippen LogP contribution is 2.26. The van der Waals surface area contributed by atoms with Crippen LogP contribution in [0.5, 0.6) is 0 Å². The smallest absolute Gasteiger partial charge is 0.0673 e. The van der Waals surface area contributed by atoms with Crippen LogP contribution in [0, 0.1) is 6.92 Å². The Labute approximate surface area is 121 Å². The SMILES string of the molecule is Cc1c(Cl)cccc1N=Cc1ccc(Cl)cc1Cl. The largest absolute Gasteiger partial charge is 0.256 e. The van der Waals surface area contributed by atoms with Gasteiger partial charge < -0.3 is 0 Å². The first-order valence-corrected chi connectivity index (χ1v) is 6.45. The molecule has 2 rings (SSSR count). The summed E-state index contributed by atoms with van der Waals surface area (Å²) in [4.78, 5) is 4.39. The van der Waals surface area contributed by atoms with E-state index in [-0.39, 0.29) is 0 Å². The van der Waals surface area contributed by atoms with Crippen LogP contribution in [-0.2, 0) is 0 Å². The number of hydrogen-bond donors (Lipinski definition) is 0. The summed E-state index contributed by atoms with van der Waals surface area (Å²) in [6, 6.07) is 10.9. The molecule has 1 nitrogen and oxygen atoms in total. The van der Waals surface area contributed by atoms with Crippen LogP contribution in [-0.4, -0.2) is 6.21 Å². The van der Waals surface area contributed by atoms with Gasteiger partial charge in [-0.25, -0.2) is 0 Å². The van der Waals surface area contributed by atoms with Crippen LogP contribution < -0.4 is 0 Å². The molecule has 18 heavy (non-hydrogen) atoms. The molecule has 2 aromatic carbocycles. The highest BCUT2D eigenvalue weighted by Gasteiger charge is 2.01. The van der Waals surface area contributed by atoms with Gasteiger partial charge in [0.25, 0.3) is 0 Å². The summed E-state index contributed by atoms with van der Waals surface area (Å²) < 4.78 is 0. The summed E-state index contributed by atoms with van der Waals surface area (Å²) in [6.07, 6.45) is 1.71. The third kappa shape index (κ3) is 3.05. The predicted molar refractivity (Wildman–Crippen MR) is 79.9 cm³/mol. The third-order valence-corrected chi connectivity index (χ3v) is 3.52. The molecule has 0 amide bonds. The number of aliphatic imine (C=N–C) groups is 1. The van der Waals surface area contributed by atoms with Gasteiger partial charge in [-0.3, -0.25) is 4.99 Å². The highest BCUT2D eigenvalue weighted by atomic mass is 35.5. The fraction of sp³-hybridized carbons (Fsp3) is 0.0714. The molecule has 0 saturated carbocycles. The summed E-state index contributed by atoms with van der Waals surface area (Å²) in [5.41, 5.74) is 2.59. The highest BCUT2D eigenvalue weighted by molar-refractivity contribution is 6.36. The molecule has 0 aromatic heterocycles. The molecule has 0 heterocycles. The molecule has 0 N–H and O–H groups in total. The van der Waals surface area contributed by atoms with Crippen LogP contribution in [0.2, 0.25) is 15.1 Å². The maximum Gasteiger partial charge on any atom is 0.0673 e. The van der Waals surface area contributed by atoms with Gasteiger partial charge in [0.15, 0.2) is 0 Å². The predicted octanol–water partition coefficient (Wildman–Crippen LogP) is 5.71. The van der Waals surface area contributed by atoms with Crippen molar-refractivity contribution >= 4 is 46.7 Å². The quantitative estimate of drug-likeness (QED) is 0.630. The van der Waals surface area contributed by atoms with E-state index >= 15 is 0 Å². The summed E-state index contributed by atoms with van der Waals surface area (Å²) in [6.45, 7) is 1.93. The Morgan fingerprint density at radius 3 is 2.50 bits per heavy atom. The van der Waals surface area contributed by atoms with Gasteiger partial charge in [0, 0.05) is 21.8 Å². The average molecular weight is 299 g/mol. The van der Waals surface area contributed by atoms with Gasteiger partial charge in [0.05, 0.1) is 10.7 Å².